The Morgan fingerprint density at radius 2 is 2.05 bits per heavy atom. The summed E-state index contributed by atoms with van der Waals surface area (Å²) in [6, 6.07) is 9.74. The zero-order valence-electron chi connectivity index (χ0n) is 11.2. The van der Waals surface area contributed by atoms with Gasteiger partial charge in [-0.15, -0.1) is 21.8 Å². The molecule has 3 rings (SSSR count). The smallest absolute Gasteiger partial charge is 0.238 e. The number of hydrogen-bond donors (Lipinski definition) is 0. The molecule has 1 aliphatic heterocycles. The van der Waals surface area contributed by atoms with Gasteiger partial charge in [0.25, 0.3) is 0 Å². The van der Waals surface area contributed by atoms with Crippen LogP contribution in [0.25, 0.3) is 0 Å². The van der Waals surface area contributed by atoms with Gasteiger partial charge >= 0.3 is 0 Å². The zero-order valence-corrected chi connectivity index (χ0v) is 11.9. The standard InChI is InChI=1S/C15H17ClN2O2/c16-14(11-6-2-1-3-7-11)15-18-17-13(20-15)10-12-8-4-5-9-19-12/h1-3,6-7,12,14H,4-5,8-10H2. The molecule has 0 aliphatic carbocycles. The van der Waals surface area contributed by atoms with Gasteiger partial charge in [0.2, 0.25) is 11.8 Å². The summed E-state index contributed by atoms with van der Waals surface area (Å²) in [5.74, 6) is 1.05. The summed E-state index contributed by atoms with van der Waals surface area (Å²) in [6.45, 7) is 0.827. The first kappa shape index (κ1) is 13.6. The Kier molecular flexibility index (Phi) is 4.33. The second-order valence-corrected chi connectivity index (χ2v) is 5.44. The fourth-order valence-electron chi connectivity index (χ4n) is 2.38. The van der Waals surface area contributed by atoms with Crippen molar-refractivity contribution < 1.29 is 9.15 Å². The summed E-state index contributed by atoms with van der Waals surface area (Å²) in [5.41, 5.74) is 0.957. The molecule has 2 heterocycles. The highest BCUT2D eigenvalue weighted by molar-refractivity contribution is 6.22. The molecule has 106 valence electrons. The average Bonchev–Trinajstić information content (AvgIpc) is 2.97. The fourth-order valence-corrected chi connectivity index (χ4v) is 2.61. The van der Waals surface area contributed by atoms with E-state index in [9.17, 15) is 0 Å². The Morgan fingerprint density at radius 1 is 1.20 bits per heavy atom. The van der Waals surface area contributed by atoms with E-state index in [1.807, 2.05) is 30.3 Å². The van der Waals surface area contributed by atoms with Gasteiger partial charge in [-0.25, -0.2) is 0 Å². The highest BCUT2D eigenvalue weighted by Gasteiger charge is 2.21. The van der Waals surface area contributed by atoms with Crippen LogP contribution >= 0.6 is 11.6 Å². The van der Waals surface area contributed by atoms with Crippen LogP contribution in [0.4, 0.5) is 0 Å². The Labute approximate surface area is 123 Å². The molecule has 2 aromatic rings. The van der Waals surface area contributed by atoms with Gasteiger partial charge in [-0.1, -0.05) is 30.3 Å². The molecule has 0 amide bonds. The topological polar surface area (TPSA) is 48.2 Å². The van der Waals surface area contributed by atoms with Crippen LogP contribution in [0.15, 0.2) is 34.7 Å². The summed E-state index contributed by atoms with van der Waals surface area (Å²) in [6.07, 6.45) is 4.27. The minimum atomic E-state index is -0.398. The normalized spacial score (nSPS) is 20.8. The highest BCUT2D eigenvalue weighted by Crippen LogP contribution is 2.28. The van der Waals surface area contributed by atoms with Crippen molar-refractivity contribution in [3.8, 4) is 0 Å². The van der Waals surface area contributed by atoms with Crippen molar-refractivity contribution in [1.82, 2.24) is 10.2 Å². The van der Waals surface area contributed by atoms with Crippen molar-refractivity contribution in [2.75, 3.05) is 6.61 Å². The molecule has 0 spiro atoms. The molecule has 4 nitrogen and oxygen atoms in total. The summed E-state index contributed by atoms with van der Waals surface area (Å²) in [7, 11) is 0. The third-order valence-corrected chi connectivity index (χ3v) is 3.91. The Morgan fingerprint density at radius 3 is 2.80 bits per heavy atom. The second-order valence-electron chi connectivity index (χ2n) is 5.00. The first-order valence-corrected chi connectivity index (χ1v) is 7.39. The molecule has 2 unspecified atom stereocenters. The monoisotopic (exact) mass is 292 g/mol. The zero-order chi connectivity index (χ0) is 13.8. The maximum Gasteiger partial charge on any atom is 0.238 e. The number of halogens is 1. The van der Waals surface area contributed by atoms with Gasteiger partial charge in [0.15, 0.2) is 0 Å². The van der Waals surface area contributed by atoms with E-state index in [-0.39, 0.29) is 6.10 Å². The average molecular weight is 293 g/mol. The van der Waals surface area contributed by atoms with E-state index in [1.165, 1.54) is 6.42 Å². The van der Waals surface area contributed by atoms with E-state index in [1.54, 1.807) is 0 Å². The van der Waals surface area contributed by atoms with Crippen molar-refractivity contribution in [2.45, 2.75) is 37.2 Å². The minimum absolute atomic E-state index is 0.197. The van der Waals surface area contributed by atoms with E-state index < -0.39 is 5.38 Å². The van der Waals surface area contributed by atoms with Crippen LogP contribution in [-0.4, -0.2) is 22.9 Å². The molecular formula is C15H17ClN2O2. The molecule has 1 saturated heterocycles. The maximum absolute atomic E-state index is 6.36. The van der Waals surface area contributed by atoms with Crippen LogP contribution in [0.5, 0.6) is 0 Å². The molecule has 0 N–H and O–H groups in total. The molecule has 1 aliphatic rings. The lowest BCUT2D eigenvalue weighted by atomic mass is 10.1. The Balaban J connectivity index is 1.67. The van der Waals surface area contributed by atoms with Crippen molar-refractivity contribution in [3.05, 3.63) is 47.7 Å². The van der Waals surface area contributed by atoms with Gasteiger partial charge < -0.3 is 9.15 Å². The number of alkyl halides is 1. The van der Waals surface area contributed by atoms with Crippen molar-refractivity contribution >= 4 is 11.6 Å². The molecule has 1 fully saturated rings. The number of rotatable bonds is 4. The van der Waals surface area contributed by atoms with Gasteiger partial charge in [-0.3, -0.25) is 0 Å². The summed E-state index contributed by atoms with van der Waals surface area (Å²) in [5, 5.41) is 7.73. The first-order valence-electron chi connectivity index (χ1n) is 6.96. The van der Waals surface area contributed by atoms with Crippen LogP contribution in [0.2, 0.25) is 0 Å². The van der Waals surface area contributed by atoms with Crippen molar-refractivity contribution in [3.63, 3.8) is 0 Å². The number of benzene rings is 1. The van der Waals surface area contributed by atoms with Crippen LogP contribution in [0.3, 0.4) is 0 Å². The van der Waals surface area contributed by atoms with Crippen molar-refractivity contribution in [1.29, 1.82) is 0 Å². The Bertz CT molecular complexity index is 538. The quantitative estimate of drug-likeness (QED) is 0.809. The molecular weight excluding hydrogens is 276 g/mol. The van der Waals surface area contributed by atoms with Gasteiger partial charge in [0, 0.05) is 6.61 Å². The van der Waals surface area contributed by atoms with Gasteiger partial charge in [0.05, 0.1) is 12.5 Å². The molecule has 1 aromatic heterocycles. The SMILES string of the molecule is ClC(c1ccccc1)c1nnc(CC2CCCCO2)o1. The molecule has 1 aromatic carbocycles. The number of nitrogens with zero attached hydrogens (tertiary/aromatic N) is 2. The third kappa shape index (κ3) is 3.19. The largest absolute Gasteiger partial charge is 0.423 e. The molecule has 0 radical (unpaired) electrons. The summed E-state index contributed by atoms with van der Waals surface area (Å²) in [4.78, 5) is 0. The number of ether oxygens (including phenoxy) is 1. The predicted molar refractivity (Wildman–Crippen MR) is 75.7 cm³/mol. The Hall–Kier alpha value is -1.39. The third-order valence-electron chi connectivity index (χ3n) is 3.47. The molecule has 0 bridgehead atoms. The lowest BCUT2D eigenvalue weighted by molar-refractivity contribution is 0.0130. The van der Waals surface area contributed by atoms with Gasteiger partial charge in [-0.05, 0) is 24.8 Å². The predicted octanol–water partition coefficient (Wildman–Crippen LogP) is 3.51. The number of hydrogen-bond acceptors (Lipinski definition) is 4. The van der Waals surface area contributed by atoms with E-state index in [4.69, 9.17) is 20.8 Å². The lowest BCUT2D eigenvalue weighted by Crippen LogP contribution is -2.21. The first-order chi connectivity index (χ1) is 9.83. The highest BCUT2D eigenvalue weighted by atomic mass is 35.5. The maximum atomic E-state index is 6.36. The van der Waals surface area contributed by atoms with Crippen molar-refractivity contribution in [2.24, 2.45) is 0 Å². The lowest BCUT2D eigenvalue weighted by Gasteiger charge is -2.20. The molecule has 0 saturated carbocycles. The van der Waals surface area contributed by atoms with Gasteiger partial charge in [-0.2, -0.15) is 0 Å². The molecule has 20 heavy (non-hydrogen) atoms. The van der Waals surface area contributed by atoms with E-state index >= 15 is 0 Å². The fraction of sp³-hybridized carbons (Fsp3) is 0.467. The van der Waals surface area contributed by atoms with Crippen LogP contribution in [-0.2, 0) is 11.2 Å². The van der Waals surface area contributed by atoms with E-state index in [2.05, 4.69) is 10.2 Å². The van der Waals surface area contributed by atoms with Crippen LogP contribution in [0.1, 0.15) is 42.0 Å². The summed E-state index contributed by atoms with van der Waals surface area (Å²) >= 11 is 6.36. The van der Waals surface area contributed by atoms with E-state index in [0.29, 0.717) is 18.2 Å². The van der Waals surface area contributed by atoms with Crippen LogP contribution < -0.4 is 0 Å². The minimum Gasteiger partial charge on any atom is -0.423 e. The van der Waals surface area contributed by atoms with Crippen LogP contribution in [0, 0.1) is 0 Å². The number of aromatic nitrogens is 2. The molecule has 2 atom stereocenters. The second kappa shape index (κ2) is 6.37. The molecule has 5 heteroatoms. The summed E-state index contributed by atoms with van der Waals surface area (Å²) < 4.78 is 11.3. The van der Waals surface area contributed by atoms with E-state index in [0.717, 1.165) is 25.0 Å². The van der Waals surface area contributed by atoms with Gasteiger partial charge in [0.1, 0.15) is 5.38 Å².